The van der Waals surface area contributed by atoms with Crippen LogP contribution in [0.25, 0.3) is 0 Å². The van der Waals surface area contributed by atoms with Crippen molar-refractivity contribution in [3.05, 3.63) is 0 Å². The average Bonchev–Trinajstić information content (AvgIpc) is 2.57. The number of hydrogen-bond acceptors (Lipinski definition) is 4. The van der Waals surface area contributed by atoms with E-state index in [0.29, 0.717) is 0 Å². The maximum atomic E-state index is 14.1. The van der Waals surface area contributed by atoms with Crippen LogP contribution in [0.4, 0.5) is 57.1 Å². The molecule has 0 aliphatic rings. The first kappa shape index (κ1) is 35.6. The first-order valence-corrected chi connectivity index (χ1v) is 9.94. The predicted molar refractivity (Wildman–Crippen MR) is 88.4 cm³/mol. The van der Waals surface area contributed by atoms with Gasteiger partial charge in [-0.25, -0.2) is 8.42 Å². The van der Waals surface area contributed by atoms with Crippen molar-refractivity contribution in [1.82, 2.24) is 4.31 Å². The SMILES string of the molecule is C[N+](C)(C)CCCN(CC(=O)O)S(=O)(=O)C(F)(F)C(F)(F)C(F)(F)C(F)(F)C(F)(F)C(F)(F)F.[OH-]. The second-order valence-corrected chi connectivity index (χ2v) is 9.89. The van der Waals surface area contributed by atoms with Gasteiger partial charge in [-0.15, -0.1) is 0 Å². The van der Waals surface area contributed by atoms with Gasteiger partial charge in [0, 0.05) is 13.0 Å². The molecule has 0 heterocycles. The highest BCUT2D eigenvalue weighted by Gasteiger charge is 2.92. The van der Waals surface area contributed by atoms with Gasteiger partial charge in [-0.1, -0.05) is 0 Å². The summed E-state index contributed by atoms with van der Waals surface area (Å²) in [7, 11) is -3.07. The van der Waals surface area contributed by atoms with Crippen molar-refractivity contribution in [3.63, 3.8) is 0 Å². The van der Waals surface area contributed by atoms with Gasteiger partial charge >= 0.3 is 41.1 Å². The minimum atomic E-state index is -8.31. The summed E-state index contributed by atoms with van der Waals surface area (Å²) < 4.78 is 195. The number of alkyl halides is 13. The lowest BCUT2D eigenvalue weighted by Crippen LogP contribution is -2.72. The molecule has 0 unspecified atom stereocenters. The molecule has 0 fully saturated rings. The highest BCUT2D eigenvalue weighted by atomic mass is 32.2. The van der Waals surface area contributed by atoms with Crippen molar-refractivity contribution in [1.29, 1.82) is 0 Å². The Morgan fingerprint density at radius 3 is 1.46 bits per heavy atom. The number of carboxylic acid groups (broad SMARTS) is 1. The lowest BCUT2D eigenvalue weighted by Gasteiger charge is -2.40. The topological polar surface area (TPSA) is 105 Å². The smallest absolute Gasteiger partial charge is 0.460 e. The molecule has 0 saturated heterocycles. The molecule has 0 bridgehead atoms. The molecule has 0 aliphatic carbocycles. The van der Waals surface area contributed by atoms with Crippen molar-refractivity contribution in [2.75, 3.05) is 40.8 Å². The van der Waals surface area contributed by atoms with Crippen molar-refractivity contribution in [3.8, 4) is 0 Å². The zero-order chi connectivity index (χ0) is 28.0. The summed E-state index contributed by atoms with van der Waals surface area (Å²) in [5.41, 5.74) is 0. The van der Waals surface area contributed by atoms with Crippen LogP contribution in [-0.2, 0) is 14.8 Å². The van der Waals surface area contributed by atoms with Gasteiger partial charge < -0.3 is 15.1 Å². The molecular weight excluding hydrogens is 555 g/mol. The maximum absolute atomic E-state index is 14.1. The van der Waals surface area contributed by atoms with Crippen LogP contribution in [0.3, 0.4) is 0 Å². The van der Waals surface area contributed by atoms with Crippen molar-refractivity contribution >= 4 is 16.0 Å². The molecule has 0 aromatic carbocycles. The van der Waals surface area contributed by atoms with Gasteiger partial charge in [-0.3, -0.25) is 4.79 Å². The molecule has 0 rings (SSSR count). The Morgan fingerprint density at radius 1 is 0.771 bits per heavy atom. The number of quaternary nitrogens is 1. The number of aliphatic carboxylic acids is 1. The van der Waals surface area contributed by atoms with Crippen LogP contribution in [-0.4, -0.2) is 110 Å². The highest BCUT2D eigenvalue weighted by Crippen LogP contribution is 2.61. The van der Waals surface area contributed by atoms with Crippen LogP contribution in [0.5, 0.6) is 0 Å². The van der Waals surface area contributed by atoms with Crippen LogP contribution in [0.2, 0.25) is 0 Å². The number of sulfonamides is 1. The number of halogens is 13. The van der Waals surface area contributed by atoms with E-state index in [2.05, 4.69) is 0 Å². The van der Waals surface area contributed by atoms with Gasteiger partial charge in [0.2, 0.25) is 0 Å². The van der Waals surface area contributed by atoms with Gasteiger partial charge in [0.05, 0.1) is 27.7 Å². The van der Waals surface area contributed by atoms with Crippen molar-refractivity contribution < 1.29 is 85.4 Å². The molecule has 0 aliphatic heterocycles. The van der Waals surface area contributed by atoms with E-state index < -0.39 is 74.9 Å². The first-order chi connectivity index (χ1) is 14.5. The average molecular weight is 574 g/mol. The van der Waals surface area contributed by atoms with Gasteiger partial charge in [0.1, 0.15) is 6.54 Å². The number of carbonyl (C=O) groups is 1. The van der Waals surface area contributed by atoms with Crippen LogP contribution in [0.15, 0.2) is 0 Å². The summed E-state index contributed by atoms with van der Waals surface area (Å²) in [6.07, 6.45) is -8.24. The van der Waals surface area contributed by atoms with Gasteiger partial charge in [-0.05, 0) is 0 Å². The van der Waals surface area contributed by atoms with E-state index in [0.717, 1.165) is 0 Å². The van der Waals surface area contributed by atoms with Crippen molar-refractivity contribution in [2.45, 2.75) is 41.5 Å². The Bertz CT molecular complexity index is 854. The Balaban J connectivity index is 0. The van der Waals surface area contributed by atoms with E-state index in [9.17, 15) is 70.3 Å². The second-order valence-electron chi connectivity index (χ2n) is 7.91. The maximum Gasteiger partial charge on any atom is 0.460 e. The first-order valence-electron chi connectivity index (χ1n) is 8.50. The van der Waals surface area contributed by atoms with Gasteiger partial charge in [0.25, 0.3) is 10.0 Å². The molecule has 2 N–H and O–H groups in total. The third-order valence-corrected chi connectivity index (χ3v) is 6.01. The summed E-state index contributed by atoms with van der Waals surface area (Å²) in [6, 6.07) is 0. The highest BCUT2D eigenvalue weighted by molar-refractivity contribution is 7.90. The summed E-state index contributed by atoms with van der Waals surface area (Å²) in [5, 5.41) is 1.15. The molecule has 35 heavy (non-hydrogen) atoms. The molecule has 0 radical (unpaired) electrons. The molecule has 0 spiro atoms. The minimum absolute atomic E-state index is 0. The summed E-state index contributed by atoms with van der Waals surface area (Å²) in [6.45, 7) is -3.64. The molecule has 0 amide bonds. The van der Waals surface area contributed by atoms with E-state index in [1.165, 1.54) is 21.1 Å². The zero-order valence-electron chi connectivity index (χ0n) is 17.7. The van der Waals surface area contributed by atoms with Crippen LogP contribution >= 0.6 is 0 Å². The summed E-state index contributed by atoms with van der Waals surface area (Å²) >= 11 is 0. The number of nitrogens with zero attached hydrogens (tertiary/aromatic N) is 2. The van der Waals surface area contributed by atoms with E-state index in [4.69, 9.17) is 5.11 Å². The fraction of sp³-hybridized carbons (Fsp3) is 0.929. The van der Waals surface area contributed by atoms with Crippen molar-refractivity contribution in [2.24, 2.45) is 0 Å². The van der Waals surface area contributed by atoms with E-state index in [1.807, 2.05) is 0 Å². The fourth-order valence-electron chi connectivity index (χ4n) is 2.24. The third kappa shape index (κ3) is 6.21. The normalized spacial score (nSPS) is 15.2. The Hall–Kier alpha value is -1.61. The number of rotatable bonds is 12. The lowest BCUT2D eigenvalue weighted by molar-refractivity contribution is -0.870. The largest absolute Gasteiger partial charge is 0.870 e. The standard InChI is InChI=1S/C14H17F13N2O4S.H2O/c1-29(2,3)6-4-5-28(7-8(30)31)34(32,33)14(26,27)12(21,22)10(17,18)9(15,16)11(19,20)13(23,24)25;/h4-7H2,1-3H3;1H2. The molecule has 0 aromatic rings. The van der Waals surface area contributed by atoms with E-state index >= 15 is 0 Å². The summed E-state index contributed by atoms with van der Waals surface area (Å²) in [4.78, 5) is 10.8. The van der Waals surface area contributed by atoms with E-state index in [-0.39, 0.29) is 16.5 Å². The van der Waals surface area contributed by atoms with Gasteiger partial charge in [-0.2, -0.15) is 61.4 Å². The Morgan fingerprint density at radius 2 is 1.14 bits per heavy atom. The van der Waals surface area contributed by atoms with Crippen LogP contribution in [0, 0.1) is 0 Å². The zero-order valence-corrected chi connectivity index (χ0v) is 18.5. The molecule has 21 heteroatoms. The monoisotopic (exact) mass is 574 g/mol. The third-order valence-electron chi connectivity index (χ3n) is 4.12. The van der Waals surface area contributed by atoms with Crippen LogP contribution < -0.4 is 0 Å². The summed E-state index contributed by atoms with van der Waals surface area (Å²) in [5.74, 6) is -35.0. The Kier molecular flexibility index (Phi) is 10.2. The molecule has 0 atom stereocenters. The number of hydrogen-bond donors (Lipinski definition) is 1. The van der Waals surface area contributed by atoms with Crippen LogP contribution in [0.1, 0.15) is 6.42 Å². The fourth-order valence-corrected chi connectivity index (χ4v) is 3.66. The van der Waals surface area contributed by atoms with Gasteiger partial charge in [0.15, 0.2) is 0 Å². The molecule has 212 valence electrons. The second kappa shape index (κ2) is 10.0. The lowest BCUT2D eigenvalue weighted by atomic mass is 9.98. The molecule has 0 saturated carbocycles. The molecule has 7 nitrogen and oxygen atoms in total. The number of carboxylic acids is 1. The minimum Gasteiger partial charge on any atom is -0.870 e. The molecule has 0 aromatic heterocycles. The molecular formula is C14H19F13N2O5S. The predicted octanol–water partition coefficient (Wildman–Crippen LogP) is 3.32. The Labute approximate surface area is 189 Å². The quantitative estimate of drug-likeness (QED) is 0.285. The van der Waals surface area contributed by atoms with E-state index in [1.54, 1.807) is 0 Å².